The van der Waals surface area contributed by atoms with Crippen LogP contribution in [0.5, 0.6) is 0 Å². The molecular formula is C16H16FN5. The Morgan fingerprint density at radius 1 is 1.14 bits per heavy atom. The van der Waals surface area contributed by atoms with E-state index in [9.17, 15) is 4.39 Å². The molecule has 22 heavy (non-hydrogen) atoms. The lowest BCUT2D eigenvalue weighted by Crippen LogP contribution is -2.25. The van der Waals surface area contributed by atoms with Gasteiger partial charge in [0.05, 0.1) is 0 Å². The Kier molecular flexibility index (Phi) is 3.60. The third-order valence-corrected chi connectivity index (χ3v) is 3.36. The molecule has 0 amide bonds. The number of nitrogens with zero attached hydrogens (tertiary/aromatic N) is 4. The molecule has 6 heteroatoms. The first kappa shape index (κ1) is 14.2. The predicted octanol–water partition coefficient (Wildman–Crippen LogP) is 2.60. The first-order valence-electron chi connectivity index (χ1n) is 6.79. The summed E-state index contributed by atoms with van der Waals surface area (Å²) in [4.78, 5) is 4.21. The summed E-state index contributed by atoms with van der Waals surface area (Å²) in [6, 6.07) is 10.1. The zero-order valence-corrected chi connectivity index (χ0v) is 12.4. The molecular weight excluding hydrogens is 281 g/mol. The number of aryl methyl sites for hydroxylation is 1. The van der Waals surface area contributed by atoms with Crippen LogP contribution in [0.15, 0.2) is 48.8 Å². The molecule has 0 bridgehead atoms. The second-order valence-electron chi connectivity index (χ2n) is 5.09. The van der Waals surface area contributed by atoms with Gasteiger partial charge in [-0.25, -0.2) is 15.2 Å². The van der Waals surface area contributed by atoms with Crippen molar-refractivity contribution in [3.05, 3.63) is 54.6 Å². The molecule has 0 aliphatic heterocycles. The Labute approximate surface area is 127 Å². The molecule has 112 valence electrons. The van der Waals surface area contributed by atoms with Crippen LogP contribution in [-0.2, 0) is 7.05 Å². The molecule has 0 aliphatic rings. The van der Waals surface area contributed by atoms with Crippen molar-refractivity contribution in [2.75, 3.05) is 12.1 Å². The van der Waals surface area contributed by atoms with E-state index >= 15 is 0 Å². The quantitative estimate of drug-likeness (QED) is 0.596. The monoisotopic (exact) mass is 297 g/mol. The average molecular weight is 297 g/mol. The smallest absolute Gasteiger partial charge is 0.142 e. The second kappa shape index (κ2) is 5.57. The summed E-state index contributed by atoms with van der Waals surface area (Å²) in [5.41, 5.74) is 3.55. The van der Waals surface area contributed by atoms with Gasteiger partial charge in [0, 0.05) is 37.6 Å². The van der Waals surface area contributed by atoms with Gasteiger partial charge in [0.2, 0.25) is 0 Å². The van der Waals surface area contributed by atoms with Crippen LogP contribution in [0.25, 0.3) is 22.4 Å². The molecule has 3 aromatic rings. The van der Waals surface area contributed by atoms with Crippen molar-refractivity contribution in [1.82, 2.24) is 14.8 Å². The largest absolute Gasteiger partial charge is 0.298 e. The number of nitrogens with two attached hydrogens (primary N) is 1. The highest BCUT2D eigenvalue weighted by atomic mass is 19.1. The lowest BCUT2D eigenvalue weighted by atomic mass is 10.0. The predicted molar refractivity (Wildman–Crippen MR) is 84.4 cm³/mol. The minimum absolute atomic E-state index is 0.266. The van der Waals surface area contributed by atoms with E-state index in [0.717, 1.165) is 22.4 Å². The third-order valence-electron chi connectivity index (χ3n) is 3.36. The molecule has 3 rings (SSSR count). The van der Waals surface area contributed by atoms with Gasteiger partial charge in [-0.05, 0) is 42.0 Å². The number of anilines is 1. The van der Waals surface area contributed by atoms with Gasteiger partial charge >= 0.3 is 0 Å². The number of pyridine rings is 1. The van der Waals surface area contributed by atoms with E-state index < -0.39 is 0 Å². The van der Waals surface area contributed by atoms with E-state index in [1.54, 1.807) is 30.1 Å². The van der Waals surface area contributed by atoms with E-state index in [1.807, 2.05) is 25.4 Å². The highest BCUT2D eigenvalue weighted by molar-refractivity contribution is 5.81. The highest BCUT2D eigenvalue weighted by Gasteiger charge is 2.13. The van der Waals surface area contributed by atoms with Gasteiger partial charge in [-0.2, -0.15) is 5.10 Å². The normalized spacial score (nSPS) is 10.7. The zero-order chi connectivity index (χ0) is 15.7. The van der Waals surface area contributed by atoms with Crippen LogP contribution in [0.1, 0.15) is 0 Å². The van der Waals surface area contributed by atoms with E-state index in [1.165, 1.54) is 17.1 Å². The van der Waals surface area contributed by atoms with Crippen molar-refractivity contribution in [2.45, 2.75) is 0 Å². The molecule has 0 radical (unpaired) electrons. The minimum Gasteiger partial charge on any atom is -0.298 e. The van der Waals surface area contributed by atoms with Gasteiger partial charge in [0.1, 0.15) is 17.3 Å². The molecule has 0 unspecified atom stereocenters. The number of benzene rings is 1. The topological polar surface area (TPSA) is 60.0 Å². The van der Waals surface area contributed by atoms with Gasteiger partial charge in [-0.1, -0.05) is 0 Å². The van der Waals surface area contributed by atoms with Gasteiger partial charge in [0.15, 0.2) is 0 Å². The minimum atomic E-state index is -0.266. The highest BCUT2D eigenvalue weighted by Crippen LogP contribution is 2.31. The first-order valence-corrected chi connectivity index (χ1v) is 6.79. The fourth-order valence-electron chi connectivity index (χ4n) is 2.30. The molecule has 0 aliphatic carbocycles. The summed E-state index contributed by atoms with van der Waals surface area (Å²) in [5, 5.41) is 5.95. The van der Waals surface area contributed by atoms with E-state index in [0.29, 0.717) is 5.82 Å². The number of aromatic nitrogens is 3. The summed E-state index contributed by atoms with van der Waals surface area (Å²) in [7, 11) is 3.59. The lowest BCUT2D eigenvalue weighted by molar-refractivity contribution is 0.628. The van der Waals surface area contributed by atoms with Gasteiger partial charge in [-0.15, -0.1) is 0 Å². The van der Waals surface area contributed by atoms with Crippen molar-refractivity contribution in [2.24, 2.45) is 12.9 Å². The number of halogens is 1. The van der Waals surface area contributed by atoms with E-state index in [-0.39, 0.29) is 5.82 Å². The molecule has 0 saturated carbocycles. The number of hydrazine groups is 1. The molecule has 0 spiro atoms. The molecule has 0 saturated heterocycles. The summed E-state index contributed by atoms with van der Waals surface area (Å²) in [6.07, 6.45) is 3.63. The number of hydrogen-bond donors (Lipinski definition) is 1. The average Bonchev–Trinajstić information content (AvgIpc) is 2.90. The maximum Gasteiger partial charge on any atom is 0.142 e. The Balaban J connectivity index is 2.12. The van der Waals surface area contributed by atoms with Crippen molar-refractivity contribution in [3.8, 4) is 22.4 Å². The van der Waals surface area contributed by atoms with Crippen LogP contribution >= 0.6 is 0 Å². The number of hydrogen-bond acceptors (Lipinski definition) is 4. The molecule has 1 aromatic carbocycles. The number of rotatable bonds is 3. The fourth-order valence-corrected chi connectivity index (χ4v) is 2.30. The lowest BCUT2D eigenvalue weighted by Gasteiger charge is -2.11. The fraction of sp³-hybridized carbons (Fsp3) is 0.125. The molecule has 2 heterocycles. The van der Waals surface area contributed by atoms with E-state index in [4.69, 9.17) is 5.84 Å². The van der Waals surface area contributed by atoms with Gasteiger partial charge in [-0.3, -0.25) is 9.69 Å². The summed E-state index contributed by atoms with van der Waals surface area (Å²) < 4.78 is 14.9. The zero-order valence-electron chi connectivity index (χ0n) is 12.4. The first-order chi connectivity index (χ1) is 10.5. The van der Waals surface area contributed by atoms with Crippen LogP contribution in [0.2, 0.25) is 0 Å². The van der Waals surface area contributed by atoms with Crippen LogP contribution in [-0.4, -0.2) is 21.8 Å². The summed E-state index contributed by atoms with van der Waals surface area (Å²) in [6.45, 7) is 0. The van der Waals surface area contributed by atoms with Crippen LogP contribution in [0, 0.1) is 5.82 Å². The molecule has 2 N–H and O–H groups in total. The summed E-state index contributed by atoms with van der Waals surface area (Å²) >= 11 is 0. The van der Waals surface area contributed by atoms with E-state index in [2.05, 4.69) is 10.1 Å². The van der Waals surface area contributed by atoms with Gasteiger partial charge < -0.3 is 0 Å². The molecule has 0 fully saturated rings. The Morgan fingerprint density at radius 2 is 1.86 bits per heavy atom. The Hall–Kier alpha value is -2.73. The van der Waals surface area contributed by atoms with Crippen molar-refractivity contribution in [3.63, 3.8) is 0 Å². The van der Waals surface area contributed by atoms with Crippen molar-refractivity contribution in [1.29, 1.82) is 0 Å². The molecule has 5 nitrogen and oxygen atoms in total. The van der Waals surface area contributed by atoms with Crippen LogP contribution in [0.3, 0.4) is 0 Å². The van der Waals surface area contributed by atoms with Crippen LogP contribution < -0.4 is 10.9 Å². The maximum absolute atomic E-state index is 13.1. The Morgan fingerprint density at radius 3 is 2.55 bits per heavy atom. The maximum atomic E-state index is 13.1. The SMILES string of the molecule is CN(N)c1cc(-c2cn(C)nc2-c2ccc(F)cc2)ccn1. The van der Waals surface area contributed by atoms with Crippen molar-refractivity contribution < 1.29 is 4.39 Å². The standard InChI is InChI=1S/C16H16FN5/c1-21-10-14(12-7-8-19-15(9-12)22(2)18)16(20-21)11-3-5-13(17)6-4-11/h3-10H,18H2,1-2H3. The Bertz CT molecular complexity index is 793. The van der Waals surface area contributed by atoms with Crippen LogP contribution in [0.4, 0.5) is 10.2 Å². The second-order valence-corrected chi connectivity index (χ2v) is 5.09. The molecule has 0 atom stereocenters. The van der Waals surface area contributed by atoms with Gasteiger partial charge in [0.25, 0.3) is 0 Å². The molecule has 2 aromatic heterocycles. The third kappa shape index (κ3) is 2.68. The summed E-state index contributed by atoms with van der Waals surface area (Å²) in [5.74, 6) is 6.13. The van der Waals surface area contributed by atoms with Crippen molar-refractivity contribution >= 4 is 5.82 Å².